The Bertz CT molecular complexity index is 3320. The Morgan fingerprint density at radius 3 is 1.05 bits per heavy atom. The van der Waals surface area contributed by atoms with Crippen molar-refractivity contribution >= 4 is 108 Å². The van der Waals surface area contributed by atoms with E-state index in [4.69, 9.17) is 0 Å². The first kappa shape index (κ1) is 36.4. The topological polar surface area (TPSA) is 6.48 Å². The predicted octanol–water partition coefficient (Wildman–Crippen LogP) is 17.8. The molecule has 4 heteroatoms. The van der Waals surface area contributed by atoms with E-state index in [9.17, 15) is 0 Å². The number of benzene rings is 10. The first-order valence-corrected chi connectivity index (χ1v) is 22.6. The largest absolute Gasteiger partial charge is 0.310 e. The second kappa shape index (κ2) is 15.2. The molecule has 0 N–H and O–H groups in total. The van der Waals surface area contributed by atoms with Crippen LogP contribution >= 0.6 is 22.7 Å². The van der Waals surface area contributed by atoms with Gasteiger partial charge in [0.25, 0.3) is 0 Å². The summed E-state index contributed by atoms with van der Waals surface area (Å²) in [4.78, 5) is 4.72. The minimum absolute atomic E-state index is 1.13. The monoisotopic (exact) mass is 826 g/mol. The van der Waals surface area contributed by atoms with Gasteiger partial charge in [-0.15, -0.1) is 22.7 Å². The quantitative estimate of drug-likeness (QED) is 0.151. The van der Waals surface area contributed by atoms with E-state index in [0.717, 1.165) is 22.7 Å². The van der Waals surface area contributed by atoms with Gasteiger partial charge in [-0.3, -0.25) is 0 Å². The van der Waals surface area contributed by atoms with Gasteiger partial charge in [0, 0.05) is 53.7 Å². The fourth-order valence-corrected chi connectivity index (χ4v) is 11.8. The molecule has 0 saturated heterocycles. The van der Waals surface area contributed by atoms with E-state index in [-0.39, 0.29) is 0 Å². The molecule has 0 aliphatic carbocycles. The van der Waals surface area contributed by atoms with Gasteiger partial charge in [-0.1, -0.05) is 158 Å². The highest BCUT2D eigenvalue weighted by Gasteiger charge is 2.18. The van der Waals surface area contributed by atoms with E-state index < -0.39 is 0 Å². The van der Waals surface area contributed by atoms with Gasteiger partial charge in [-0.05, 0) is 106 Å². The molecule has 2 nitrogen and oxygen atoms in total. The number of nitrogens with zero attached hydrogens (tertiary/aromatic N) is 2. The first-order chi connectivity index (χ1) is 30.7. The van der Waals surface area contributed by atoms with Crippen molar-refractivity contribution in [3.05, 3.63) is 231 Å². The van der Waals surface area contributed by atoms with Crippen LogP contribution in [0, 0.1) is 0 Å². The van der Waals surface area contributed by atoms with Crippen LogP contribution in [-0.4, -0.2) is 0 Å². The Balaban J connectivity index is 0.848. The average molecular weight is 827 g/mol. The van der Waals surface area contributed by atoms with Crippen molar-refractivity contribution in [2.75, 3.05) is 9.80 Å². The minimum atomic E-state index is 1.13. The van der Waals surface area contributed by atoms with Crippen LogP contribution in [0.1, 0.15) is 0 Å². The molecule has 0 spiro atoms. The molecule has 62 heavy (non-hydrogen) atoms. The van der Waals surface area contributed by atoms with E-state index in [0.29, 0.717) is 0 Å². The molecule has 0 radical (unpaired) electrons. The third-order valence-corrected chi connectivity index (χ3v) is 14.5. The zero-order valence-electron chi connectivity index (χ0n) is 33.7. The molecular formula is C58H38N2S2. The lowest BCUT2D eigenvalue weighted by molar-refractivity contribution is 1.30. The smallest absolute Gasteiger partial charge is 0.0542 e. The van der Waals surface area contributed by atoms with Crippen LogP contribution in [0.3, 0.4) is 0 Å². The molecule has 0 bridgehead atoms. The molecule has 0 atom stereocenters. The van der Waals surface area contributed by atoms with Crippen LogP contribution in [-0.2, 0) is 0 Å². The summed E-state index contributed by atoms with van der Waals surface area (Å²) in [5, 5.41) is 7.58. The van der Waals surface area contributed by atoms with Crippen LogP contribution in [0.15, 0.2) is 231 Å². The molecule has 0 unspecified atom stereocenters. The van der Waals surface area contributed by atoms with Crippen molar-refractivity contribution in [1.29, 1.82) is 0 Å². The third kappa shape index (κ3) is 6.31. The van der Waals surface area contributed by atoms with Gasteiger partial charge in [0.15, 0.2) is 0 Å². The van der Waals surface area contributed by atoms with E-state index in [1.807, 2.05) is 22.7 Å². The molecule has 0 amide bonds. The lowest BCUT2D eigenvalue weighted by Gasteiger charge is -2.27. The van der Waals surface area contributed by atoms with Gasteiger partial charge in [-0.2, -0.15) is 0 Å². The van der Waals surface area contributed by atoms with Crippen molar-refractivity contribution in [3.63, 3.8) is 0 Å². The van der Waals surface area contributed by atoms with Gasteiger partial charge in [0.1, 0.15) is 0 Å². The summed E-state index contributed by atoms with van der Waals surface area (Å²) in [5.41, 5.74) is 11.8. The summed E-state index contributed by atoms with van der Waals surface area (Å²) >= 11 is 3.82. The molecule has 2 aromatic heterocycles. The predicted molar refractivity (Wildman–Crippen MR) is 270 cm³/mol. The third-order valence-electron chi connectivity index (χ3n) is 12.0. The molecule has 0 aliphatic rings. The lowest BCUT2D eigenvalue weighted by Crippen LogP contribution is -2.10. The van der Waals surface area contributed by atoms with Crippen molar-refractivity contribution < 1.29 is 0 Å². The first-order valence-electron chi connectivity index (χ1n) is 21.0. The summed E-state index contributed by atoms with van der Waals surface area (Å²) in [6, 6.07) is 83.7. The van der Waals surface area contributed by atoms with Crippen molar-refractivity contribution in [3.8, 4) is 22.3 Å². The molecule has 292 valence electrons. The van der Waals surface area contributed by atoms with Crippen LogP contribution in [0.4, 0.5) is 34.1 Å². The summed E-state index contributed by atoms with van der Waals surface area (Å²) in [6.45, 7) is 0. The maximum atomic E-state index is 2.38. The number of hydrogen-bond acceptors (Lipinski definition) is 4. The van der Waals surface area contributed by atoms with Gasteiger partial charge >= 0.3 is 0 Å². The van der Waals surface area contributed by atoms with Crippen molar-refractivity contribution in [2.24, 2.45) is 0 Å². The molecule has 10 aromatic carbocycles. The fraction of sp³-hybridized carbons (Fsp3) is 0. The Morgan fingerprint density at radius 1 is 0.258 bits per heavy atom. The molecule has 0 saturated carbocycles. The molecule has 12 rings (SSSR count). The van der Waals surface area contributed by atoms with E-state index in [1.165, 1.54) is 84.7 Å². The Hall–Kier alpha value is -7.50. The summed E-state index contributed by atoms with van der Waals surface area (Å²) in [7, 11) is 0. The molecule has 0 aliphatic heterocycles. The number of fused-ring (bicyclic) bond motifs is 7. The summed E-state index contributed by atoms with van der Waals surface area (Å²) < 4.78 is 5.39. The highest BCUT2D eigenvalue weighted by Crippen LogP contribution is 2.47. The zero-order chi connectivity index (χ0) is 41.0. The molecule has 0 fully saturated rings. The Morgan fingerprint density at radius 2 is 0.613 bits per heavy atom. The SMILES string of the molecule is c1ccc(N(c2ccc(-c3ccc4c(c3)sc3c5ccc(-c6ccc(N(c7ccccc7)c7cccc8ccccc78)cc6)cc5sc43)cc2)c2cccc3ccccc23)cc1. The van der Waals surface area contributed by atoms with Crippen LogP contribution in [0.2, 0.25) is 0 Å². The summed E-state index contributed by atoms with van der Waals surface area (Å²) in [6.07, 6.45) is 0. The summed E-state index contributed by atoms with van der Waals surface area (Å²) in [5.74, 6) is 0. The highest BCUT2D eigenvalue weighted by atomic mass is 32.1. The molecule has 2 heterocycles. The lowest BCUT2D eigenvalue weighted by atomic mass is 10.0. The van der Waals surface area contributed by atoms with Crippen LogP contribution in [0.5, 0.6) is 0 Å². The number of hydrogen-bond donors (Lipinski definition) is 0. The average Bonchev–Trinajstić information content (AvgIpc) is 3.88. The van der Waals surface area contributed by atoms with Crippen molar-refractivity contribution in [2.45, 2.75) is 0 Å². The number of rotatable bonds is 8. The van der Waals surface area contributed by atoms with E-state index in [2.05, 4.69) is 240 Å². The second-order valence-corrected chi connectivity index (χ2v) is 17.8. The minimum Gasteiger partial charge on any atom is -0.310 e. The van der Waals surface area contributed by atoms with Gasteiger partial charge in [-0.25, -0.2) is 0 Å². The number of anilines is 6. The van der Waals surface area contributed by atoms with Crippen LogP contribution in [0.25, 0.3) is 73.4 Å². The maximum Gasteiger partial charge on any atom is 0.0542 e. The standard InChI is InChI=1S/C58H38N2S2/c1-3-17-45(18-4-1)59(53-23-11-15-41-13-7-9-21-49(41)53)47-31-25-39(26-32-47)43-29-35-51-55(37-43)61-58-52-36-30-44(38-56(52)62-57(51)58)40-27-33-48(34-28-40)60(46-19-5-2-6-20-46)54-24-12-16-42-14-8-10-22-50(42)54/h1-38H. The molecular weight excluding hydrogens is 789 g/mol. The second-order valence-electron chi connectivity index (χ2n) is 15.7. The van der Waals surface area contributed by atoms with Gasteiger partial charge in [0.2, 0.25) is 0 Å². The van der Waals surface area contributed by atoms with E-state index in [1.54, 1.807) is 0 Å². The van der Waals surface area contributed by atoms with Gasteiger partial charge < -0.3 is 9.80 Å². The highest BCUT2D eigenvalue weighted by molar-refractivity contribution is 7.36. The normalized spacial score (nSPS) is 11.5. The van der Waals surface area contributed by atoms with Gasteiger partial charge in [0.05, 0.1) is 20.8 Å². The number of para-hydroxylation sites is 2. The fourth-order valence-electron chi connectivity index (χ4n) is 9.04. The number of thiophene rings is 2. The molecule has 12 aromatic rings. The van der Waals surface area contributed by atoms with Crippen LogP contribution < -0.4 is 9.80 Å². The maximum absolute atomic E-state index is 2.38. The van der Waals surface area contributed by atoms with Crippen molar-refractivity contribution in [1.82, 2.24) is 0 Å². The Labute approximate surface area is 368 Å². The zero-order valence-corrected chi connectivity index (χ0v) is 35.3. The van der Waals surface area contributed by atoms with E-state index >= 15 is 0 Å². The Kier molecular flexibility index (Phi) is 8.91.